The summed E-state index contributed by atoms with van der Waals surface area (Å²) in [4.78, 5) is 43.3. The predicted octanol–water partition coefficient (Wildman–Crippen LogP) is 4.71. The van der Waals surface area contributed by atoms with Crippen LogP contribution in [0.15, 0.2) is 72.8 Å². The number of fused-ring (bicyclic) bond motifs is 5. The topological polar surface area (TPSA) is 79.0 Å². The molecule has 0 fully saturated rings. The van der Waals surface area contributed by atoms with Crippen LogP contribution in [0.5, 0.6) is 5.75 Å². The zero-order chi connectivity index (χ0) is 25.4. The molecule has 3 aromatic carbocycles. The number of amides is 3. The van der Waals surface area contributed by atoms with E-state index in [1.54, 1.807) is 41.2 Å². The van der Waals surface area contributed by atoms with Gasteiger partial charge in [-0.15, -0.1) is 0 Å². The lowest BCUT2D eigenvalue weighted by atomic mass is 9.95. The van der Waals surface area contributed by atoms with Crippen molar-refractivity contribution in [1.82, 2.24) is 10.2 Å². The van der Waals surface area contributed by atoms with Crippen LogP contribution < -0.4 is 15.0 Å². The molecule has 184 valence electrons. The van der Waals surface area contributed by atoms with Gasteiger partial charge in [0.05, 0.1) is 24.4 Å². The first-order valence-corrected chi connectivity index (χ1v) is 12.2. The summed E-state index contributed by atoms with van der Waals surface area (Å²) in [6.45, 7) is 4.30. The molecule has 2 heterocycles. The van der Waals surface area contributed by atoms with Crippen LogP contribution in [0.1, 0.15) is 64.3 Å². The van der Waals surface area contributed by atoms with E-state index in [4.69, 9.17) is 4.74 Å². The molecule has 0 saturated heterocycles. The summed E-state index contributed by atoms with van der Waals surface area (Å²) in [6, 6.07) is 22.0. The van der Waals surface area contributed by atoms with Gasteiger partial charge in [0.25, 0.3) is 11.8 Å². The first-order chi connectivity index (χ1) is 17.4. The van der Waals surface area contributed by atoms with Gasteiger partial charge < -0.3 is 15.0 Å². The van der Waals surface area contributed by atoms with Crippen molar-refractivity contribution in [3.63, 3.8) is 0 Å². The smallest absolute Gasteiger partial charge is 0.260 e. The molecule has 1 N–H and O–H groups in total. The molecule has 7 heteroatoms. The second kappa shape index (κ2) is 9.49. The van der Waals surface area contributed by atoms with Crippen LogP contribution in [0.2, 0.25) is 0 Å². The minimum atomic E-state index is -0.564. The largest absolute Gasteiger partial charge is 0.497 e. The molecule has 3 amide bonds. The van der Waals surface area contributed by atoms with Crippen molar-refractivity contribution < 1.29 is 19.1 Å². The number of hydrogen-bond donors (Lipinski definition) is 1. The second-order valence-electron chi connectivity index (χ2n) is 9.46. The zero-order valence-corrected chi connectivity index (χ0v) is 20.6. The number of rotatable bonds is 7. The molecule has 0 aliphatic carbocycles. The van der Waals surface area contributed by atoms with Crippen LogP contribution in [-0.2, 0) is 4.79 Å². The Kier molecular flexibility index (Phi) is 6.22. The molecule has 0 aromatic heterocycles. The number of hydrogen-bond acceptors (Lipinski definition) is 4. The molecule has 0 spiro atoms. The summed E-state index contributed by atoms with van der Waals surface area (Å²) in [5, 5.41) is 3.13. The number of carbonyl (C=O) groups is 3. The number of methoxy groups -OCH3 is 1. The van der Waals surface area contributed by atoms with Gasteiger partial charge in [-0.05, 0) is 41.8 Å². The highest BCUT2D eigenvalue weighted by atomic mass is 16.5. The van der Waals surface area contributed by atoms with Gasteiger partial charge in [0, 0.05) is 24.1 Å². The standard InChI is InChI=1S/C29H29N3O4/c1-18(2)26(19-12-14-20(36-3)15-13-19)30-25(33)16-17-31-27-21-8-4-5-9-22(21)29(35)32(27)24-11-7-6-10-23(24)28(31)34/h4-15,18,26-27H,16-17H2,1-3H3,(H,30,33). The Morgan fingerprint density at radius 3 is 2.28 bits per heavy atom. The van der Waals surface area contributed by atoms with E-state index in [1.165, 1.54) is 0 Å². The highest BCUT2D eigenvalue weighted by Gasteiger charge is 2.47. The fourth-order valence-corrected chi connectivity index (χ4v) is 5.11. The van der Waals surface area contributed by atoms with E-state index in [2.05, 4.69) is 19.2 Å². The number of nitrogens with one attached hydrogen (secondary N) is 1. The fourth-order valence-electron chi connectivity index (χ4n) is 5.11. The van der Waals surface area contributed by atoms with Crippen LogP contribution in [0.25, 0.3) is 0 Å². The Hall–Kier alpha value is -4.13. The molecule has 0 bridgehead atoms. The van der Waals surface area contributed by atoms with Gasteiger partial charge in [-0.2, -0.15) is 0 Å². The number of ether oxygens (including phenoxy) is 1. The molecule has 36 heavy (non-hydrogen) atoms. The van der Waals surface area contributed by atoms with Gasteiger partial charge in [-0.3, -0.25) is 19.3 Å². The summed E-state index contributed by atoms with van der Waals surface area (Å²) < 4.78 is 5.25. The number of benzene rings is 3. The quantitative estimate of drug-likeness (QED) is 0.528. The Morgan fingerprint density at radius 1 is 0.917 bits per heavy atom. The van der Waals surface area contributed by atoms with Gasteiger partial charge in [-0.1, -0.05) is 56.3 Å². The van der Waals surface area contributed by atoms with Crippen LogP contribution in [0, 0.1) is 5.92 Å². The Balaban J connectivity index is 1.38. The normalized spacial score (nSPS) is 16.9. The SMILES string of the molecule is COc1ccc(C(NC(=O)CCN2C(=O)c3ccccc3N3C(=O)c4ccccc4C23)C(C)C)cc1. The number of nitrogens with zero attached hydrogens (tertiary/aromatic N) is 2. The fraction of sp³-hybridized carbons (Fsp3) is 0.276. The lowest BCUT2D eigenvalue weighted by molar-refractivity contribution is -0.122. The molecule has 0 saturated carbocycles. The molecule has 7 nitrogen and oxygen atoms in total. The van der Waals surface area contributed by atoms with Gasteiger partial charge in [-0.25, -0.2) is 0 Å². The predicted molar refractivity (Wildman–Crippen MR) is 137 cm³/mol. The maximum atomic E-state index is 13.5. The van der Waals surface area contributed by atoms with E-state index in [0.29, 0.717) is 16.8 Å². The summed E-state index contributed by atoms with van der Waals surface area (Å²) in [7, 11) is 1.62. The van der Waals surface area contributed by atoms with E-state index >= 15 is 0 Å². The average molecular weight is 484 g/mol. The zero-order valence-electron chi connectivity index (χ0n) is 20.6. The molecule has 2 atom stereocenters. The van der Waals surface area contributed by atoms with Crippen molar-refractivity contribution in [2.45, 2.75) is 32.5 Å². The molecule has 3 aromatic rings. The van der Waals surface area contributed by atoms with Gasteiger partial charge in [0.1, 0.15) is 11.9 Å². The number of para-hydroxylation sites is 1. The summed E-state index contributed by atoms with van der Waals surface area (Å²) in [5.41, 5.74) is 3.43. The van der Waals surface area contributed by atoms with Crippen LogP contribution in [0.3, 0.4) is 0 Å². The van der Waals surface area contributed by atoms with E-state index in [1.807, 2.05) is 48.5 Å². The Bertz CT molecular complexity index is 1320. The molecule has 5 rings (SSSR count). The molecule has 0 radical (unpaired) electrons. The third-order valence-electron chi connectivity index (χ3n) is 6.92. The highest BCUT2D eigenvalue weighted by molar-refractivity contribution is 6.16. The molecular weight excluding hydrogens is 454 g/mol. The van der Waals surface area contributed by atoms with Gasteiger partial charge >= 0.3 is 0 Å². The van der Waals surface area contributed by atoms with Crippen LogP contribution in [0.4, 0.5) is 5.69 Å². The van der Waals surface area contributed by atoms with Crippen molar-refractivity contribution >= 4 is 23.4 Å². The molecular formula is C29H29N3O4. The summed E-state index contributed by atoms with van der Waals surface area (Å²) in [5.74, 6) is 0.456. The lowest BCUT2D eigenvalue weighted by Crippen LogP contribution is -2.49. The maximum absolute atomic E-state index is 13.5. The summed E-state index contributed by atoms with van der Waals surface area (Å²) in [6.07, 6.45) is -0.445. The Labute approximate surface area is 210 Å². The lowest BCUT2D eigenvalue weighted by Gasteiger charge is -2.41. The minimum Gasteiger partial charge on any atom is -0.497 e. The van der Waals surface area contributed by atoms with Crippen LogP contribution >= 0.6 is 0 Å². The maximum Gasteiger partial charge on any atom is 0.260 e. The van der Waals surface area contributed by atoms with Crippen molar-refractivity contribution in [3.05, 3.63) is 95.1 Å². The highest BCUT2D eigenvalue weighted by Crippen LogP contribution is 2.45. The summed E-state index contributed by atoms with van der Waals surface area (Å²) >= 11 is 0. The first kappa shape index (κ1) is 23.6. The Morgan fingerprint density at radius 2 is 1.58 bits per heavy atom. The van der Waals surface area contributed by atoms with E-state index < -0.39 is 6.17 Å². The third kappa shape index (κ3) is 4.00. The molecule has 2 aliphatic rings. The average Bonchev–Trinajstić information content (AvgIpc) is 3.19. The molecule has 2 aliphatic heterocycles. The molecule has 2 unspecified atom stereocenters. The van der Waals surface area contributed by atoms with E-state index in [9.17, 15) is 14.4 Å². The monoisotopic (exact) mass is 483 g/mol. The minimum absolute atomic E-state index is 0.119. The first-order valence-electron chi connectivity index (χ1n) is 12.2. The van der Waals surface area contributed by atoms with Gasteiger partial charge in [0.2, 0.25) is 5.91 Å². The van der Waals surface area contributed by atoms with Crippen molar-refractivity contribution in [2.24, 2.45) is 5.92 Å². The van der Waals surface area contributed by atoms with Crippen molar-refractivity contribution in [1.29, 1.82) is 0 Å². The van der Waals surface area contributed by atoms with Crippen molar-refractivity contribution in [2.75, 3.05) is 18.6 Å². The van der Waals surface area contributed by atoms with E-state index in [0.717, 1.165) is 16.9 Å². The van der Waals surface area contributed by atoms with E-state index in [-0.39, 0.29) is 42.6 Å². The second-order valence-corrected chi connectivity index (χ2v) is 9.46. The third-order valence-corrected chi connectivity index (χ3v) is 6.92. The van der Waals surface area contributed by atoms with Crippen molar-refractivity contribution in [3.8, 4) is 5.75 Å². The number of anilines is 1. The van der Waals surface area contributed by atoms with Gasteiger partial charge in [0.15, 0.2) is 0 Å². The van der Waals surface area contributed by atoms with Crippen LogP contribution in [-0.4, -0.2) is 36.3 Å². The number of carbonyl (C=O) groups excluding carboxylic acids is 3.